The van der Waals surface area contributed by atoms with Crippen molar-refractivity contribution in [3.63, 3.8) is 0 Å². The van der Waals surface area contributed by atoms with Gasteiger partial charge in [0.2, 0.25) is 18.6 Å². The lowest BCUT2D eigenvalue weighted by Crippen LogP contribution is -2.69. The van der Waals surface area contributed by atoms with E-state index in [1.54, 1.807) is 6.92 Å². The van der Waals surface area contributed by atoms with Gasteiger partial charge < -0.3 is 34.7 Å². The fourth-order valence-corrected chi connectivity index (χ4v) is 8.40. The number of esters is 1. The minimum atomic E-state index is -0.803. The van der Waals surface area contributed by atoms with E-state index in [2.05, 4.69) is 26.5 Å². The zero-order valence-electron chi connectivity index (χ0n) is 29.3. The summed E-state index contributed by atoms with van der Waals surface area (Å²) in [5.41, 5.74) is 4.49. The van der Waals surface area contributed by atoms with Crippen molar-refractivity contribution in [3.05, 3.63) is 39.4 Å². The number of carbonyl (C=O) groups is 3. The van der Waals surface area contributed by atoms with Crippen LogP contribution < -0.4 is 29.6 Å². The number of fused-ring (bicyclic) bond motifs is 9. The van der Waals surface area contributed by atoms with Crippen LogP contribution in [0, 0.1) is 31.1 Å². The van der Waals surface area contributed by atoms with Gasteiger partial charge in [-0.1, -0.05) is 19.9 Å². The van der Waals surface area contributed by atoms with Crippen molar-refractivity contribution in [3.8, 4) is 34.8 Å². The number of carbonyl (C=O) groups excluding carboxylic acids is 3. The molecule has 6 atom stereocenters. The number of methoxy groups -OCH3 is 1. The standard InChI is InChI=1S/C36H45N5O8/c1-16(2)9-27(43)39-19(5)36(45)38-14-26-29-22(33(49-20(6)42)18(4)34-35(29)48-15-47-34)12-24-30-28-21(10-17(3)32(46-8)31(28)44)11-23(40(30)7)25(13-37)41(24)26/h10,16,19,23-26,30,44H,9,11-12,14-15H2,1-8H3,(H,38,45)(H,39,43)/t19-,23-,24?,25?,26+,30?/m1/s1. The minimum absolute atomic E-state index is 0.0381. The predicted molar refractivity (Wildman–Crippen MR) is 178 cm³/mol. The fourth-order valence-electron chi connectivity index (χ4n) is 8.40. The van der Waals surface area contributed by atoms with Gasteiger partial charge in [0.15, 0.2) is 23.0 Å². The zero-order chi connectivity index (χ0) is 35.5. The van der Waals surface area contributed by atoms with Crippen molar-refractivity contribution < 1.29 is 38.4 Å². The van der Waals surface area contributed by atoms with Crippen molar-refractivity contribution in [2.45, 2.75) is 97.1 Å². The first-order valence-corrected chi connectivity index (χ1v) is 16.8. The third-order valence-corrected chi connectivity index (χ3v) is 10.3. The van der Waals surface area contributed by atoms with Crippen LogP contribution in [-0.4, -0.2) is 84.4 Å². The Morgan fingerprint density at radius 2 is 1.82 bits per heavy atom. The van der Waals surface area contributed by atoms with E-state index >= 15 is 0 Å². The van der Waals surface area contributed by atoms with Crippen LogP contribution in [-0.2, 0) is 27.2 Å². The zero-order valence-corrected chi connectivity index (χ0v) is 29.3. The molecule has 13 heteroatoms. The van der Waals surface area contributed by atoms with Gasteiger partial charge in [0.1, 0.15) is 17.8 Å². The molecule has 13 nitrogen and oxygen atoms in total. The summed E-state index contributed by atoms with van der Waals surface area (Å²) in [4.78, 5) is 42.8. The van der Waals surface area contributed by atoms with E-state index < -0.39 is 30.1 Å². The Morgan fingerprint density at radius 1 is 1.10 bits per heavy atom. The maximum Gasteiger partial charge on any atom is 0.308 e. The summed E-state index contributed by atoms with van der Waals surface area (Å²) in [6, 6.07) is 1.52. The second kappa shape index (κ2) is 13.1. The number of benzene rings is 2. The normalized spacial score (nSPS) is 24.2. The number of amides is 2. The molecule has 49 heavy (non-hydrogen) atoms. The number of piperazine rings is 1. The van der Waals surface area contributed by atoms with Gasteiger partial charge in [0, 0.05) is 54.2 Å². The molecule has 4 heterocycles. The van der Waals surface area contributed by atoms with Gasteiger partial charge >= 0.3 is 5.97 Å². The van der Waals surface area contributed by atoms with Crippen molar-refractivity contribution >= 4 is 17.8 Å². The maximum atomic E-state index is 13.5. The lowest BCUT2D eigenvalue weighted by Gasteiger charge is -2.60. The predicted octanol–water partition coefficient (Wildman–Crippen LogP) is 3.11. The number of nitriles is 1. The summed E-state index contributed by atoms with van der Waals surface area (Å²) < 4.78 is 23.5. The summed E-state index contributed by atoms with van der Waals surface area (Å²) in [5, 5.41) is 28.4. The van der Waals surface area contributed by atoms with Gasteiger partial charge in [-0.15, -0.1) is 0 Å². The lowest BCUT2D eigenvalue weighted by molar-refractivity contribution is -0.132. The van der Waals surface area contributed by atoms with Crippen molar-refractivity contribution in [1.82, 2.24) is 20.4 Å². The Hall–Kier alpha value is -4.54. The van der Waals surface area contributed by atoms with Gasteiger partial charge in [0.05, 0.1) is 25.3 Å². The highest BCUT2D eigenvalue weighted by molar-refractivity contribution is 5.87. The van der Waals surface area contributed by atoms with Crippen molar-refractivity contribution in [2.75, 3.05) is 27.5 Å². The highest BCUT2D eigenvalue weighted by Crippen LogP contribution is 2.58. The number of aromatic hydroxyl groups is 1. The number of phenols is 1. The van der Waals surface area contributed by atoms with E-state index in [4.69, 9.17) is 18.9 Å². The van der Waals surface area contributed by atoms with Gasteiger partial charge in [-0.05, 0) is 57.7 Å². The molecular weight excluding hydrogens is 630 g/mol. The van der Waals surface area contributed by atoms with Gasteiger partial charge in [-0.25, -0.2) is 0 Å². The Kier molecular flexibility index (Phi) is 9.15. The summed E-state index contributed by atoms with van der Waals surface area (Å²) >= 11 is 0. The molecular formula is C36H45N5O8. The van der Waals surface area contributed by atoms with Crippen LogP contribution in [0.2, 0.25) is 0 Å². The molecule has 3 N–H and O–H groups in total. The first-order valence-electron chi connectivity index (χ1n) is 16.8. The molecule has 3 unspecified atom stereocenters. The molecule has 4 aliphatic heterocycles. The number of phenolic OH excluding ortho intramolecular Hbond substituents is 1. The van der Waals surface area contributed by atoms with Crippen molar-refractivity contribution in [1.29, 1.82) is 5.26 Å². The molecule has 2 bridgehead atoms. The monoisotopic (exact) mass is 675 g/mol. The summed E-state index contributed by atoms with van der Waals surface area (Å²) in [7, 11) is 3.50. The number of ether oxygens (including phenoxy) is 4. The Labute approximate surface area is 286 Å². The Balaban J connectivity index is 1.50. The number of rotatable bonds is 8. The molecule has 1 fully saturated rings. The summed E-state index contributed by atoms with van der Waals surface area (Å²) in [6.07, 6.45) is 1.15. The lowest BCUT2D eigenvalue weighted by atomic mass is 9.71. The summed E-state index contributed by atoms with van der Waals surface area (Å²) in [6.45, 7) is 10.6. The third-order valence-electron chi connectivity index (χ3n) is 10.3. The molecule has 2 amide bonds. The quantitative estimate of drug-likeness (QED) is 0.278. The SMILES string of the molecule is COc1c(C)cc2c(c1O)C1C3Cc4c(OC(C)=O)c(C)c5c(c4[C@H](CNC(=O)[C@@H](C)NC(=O)CC(C)C)N3C(C#N)[C@@H](C2)N1C)OCO5. The van der Waals surface area contributed by atoms with Gasteiger partial charge in [-0.2, -0.15) is 5.26 Å². The van der Waals surface area contributed by atoms with Crippen LogP contribution in [0.3, 0.4) is 0 Å². The maximum absolute atomic E-state index is 13.5. The molecule has 6 rings (SSSR count). The molecule has 0 saturated carbocycles. The van der Waals surface area contributed by atoms with E-state index in [1.165, 1.54) is 14.0 Å². The van der Waals surface area contributed by atoms with Crippen LogP contribution >= 0.6 is 0 Å². The largest absolute Gasteiger partial charge is 0.504 e. The average molecular weight is 676 g/mol. The number of nitrogens with one attached hydrogen (secondary N) is 2. The average Bonchev–Trinajstić information content (AvgIpc) is 3.52. The minimum Gasteiger partial charge on any atom is -0.504 e. The molecule has 0 spiro atoms. The molecule has 0 aliphatic carbocycles. The fraction of sp³-hybridized carbons (Fsp3) is 0.556. The third kappa shape index (κ3) is 5.70. The van der Waals surface area contributed by atoms with Crippen LogP contribution in [0.4, 0.5) is 0 Å². The van der Waals surface area contributed by atoms with E-state index in [1.807, 2.05) is 40.8 Å². The number of hydrogen-bond acceptors (Lipinski definition) is 11. The molecule has 2 aromatic carbocycles. The molecule has 0 aromatic heterocycles. The smallest absolute Gasteiger partial charge is 0.308 e. The molecule has 2 aromatic rings. The number of likely N-dealkylation sites (N-methyl/N-ethyl adjacent to an activating group) is 1. The van der Waals surface area contributed by atoms with Crippen LogP contribution in [0.25, 0.3) is 0 Å². The second-order valence-electron chi connectivity index (χ2n) is 14.0. The number of hydrogen-bond donors (Lipinski definition) is 3. The number of nitrogens with zero attached hydrogens (tertiary/aromatic N) is 3. The molecule has 262 valence electrons. The van der Waals surface area contributed by atoms with Crippen LogP contribution in [0.5, 0.6) is 28.7 Å². The van der Waals surface area contributed by atoms with E-state index in [0.29, 0.717) is 59.0 Å². The van der Waals surface area contributed by atoms with Crippen LogP contribution in [0.15, 0.2) is 6.07 Å². The van der Waals surface area contributed by atoms with E-state index in [0.717, 1.165) is 16.7 Å². The van der Waals surface area contributed by atoms with Gasteiger partial charge in [-0.3, -0.25) is 24.2 Å². The Morgan fingerprint density at radius 3 is 2.47 bits per heavy atom. The highest BCUT2D eigenvalue weighted by Gasteiger charge is 2.57. The van der Waals surface area contributed by atoms with Crippen LogP contribution in [0.1, 0.15) is 79.6 Å². The summed E-state index contributed by atoms with van der Waals surface area (Å²) in [5.74, 6) is 0.791. The topological polar surface area (TPSA) is 163 Å². The van der Waals surface area contributed by atoms with Gasteiger partial charge in [0.25, 0.3) is 0 Å². The second-order valence-corrected chi connectivity index (χ2v) is 14.0. The number of aryl methyl sites for hydroxylation is 1. The Bertz CT molecular complexity index is 1750. The first-order chi connectivity index (χ1) is 23.3. The van der Waals surface area contributed by atoms with Crippen molar-refractivity contribution in [2.24, 2.45) is 5.92 Å². The van der Waals surface area contributed by atoms with E-state index in [9.17, 15) is 24.8 Å². The first kappa shape index (κ1) is 34.3. The van der Waals surface area contributed by atoms with E-state index in [-0.39, 0.29) is 48.9 Å². The molecule has 0 radical (unpaired) electrons. The highest BCUT2D eigenvalue weighted by atomic mass is 16.7. The molecule has 4 aliphatic rings. The molecule has 1 saturated heterocycles.